The number of allylic oxidation sites excluding steroid dienone is 4. The minimum Gasteiger partial charge on any atom is -0.0991 e. The molecule has 0 fully saturated rings. The molecule has 0 aromatic carbocycles. The molecule has 0 rings (SSSR count). The predicted octanol–water partition coefficient (Wildman–Crippen LogP) is 3.75. The van der Waals surface area contributed by atoms with Crippen LogP contribution >= 0.6 is 22.6 Å². The molecule has 0 aliphatic rings. The average molecular weight is 250 g/mol. The first-order valence-electron chi connectivity index (χ1n) is 3.34. The van der Waals surface area contributed by atoms with E-state index in [0.29, 0.717) is 0 Å². The summed E-state index contributed by atoms with van der Waals surface area (Å²) in [5, 5.41) is 0. The molecule has 0 aliphatic heterocycles. The van der Waals surface area contributed by atoms with Crippen LogP contribution < -0.4 is 0 Å². The lowest BCUT2D eigenvalue weighted by molar-refractivity contribution is 1.50. The summed E-state index contributed by atoms with van der Waals surface area (Å²) in [6, 6.07) is 0. The molecule has 0 radical (unpaired) electrons. The fraction of sp³-hybridized carbons (Fsp3) is 0.333. The van der Waals surface area contributed by atoms with E-state index in [1.807, 2.05) is 26.0 Å². The molecule has 0 aromatic heterocycles. The standard InChI is InChI=1S/C7H9I.C2H6/c1-3-4-5-7(2)6-8;1-2/h3-5H,1-2,6H2;1-2H3/b5-4-;. The second-order valence-electron chi connectivity index (χ2n) is 1.39. The molecule has 0 bridgehead atoms. The highest BCUT2D eigenvalue weighted by molar-refractivity contribution is 14.1. The summed E-state index contributed by atoms with van der Waals surface area (Å²) >= 11 is 2.27. The fourth-order valence-electron chi connectivity index (χ4n) is 0.249. The largest absolute Gasteiger partial charge is 0.0991 e. The van der Waals surface area contributed by atoms with Crippen LogP contribution in [0.4, 0.5) is 0 Å². The van der Waals surface area contributed by atoms with Crippen LogP contribution in [0.1, 0.15) is 13.8 Å². The van der Waals surface area contributed by atoms with Crippen LogP contribution in [-0.4, -0.2) is 4.43 Å². The van der Waals surface area contributed by atoms with E-state index in [4.69, 9.17) is 0 Å². The molecule has 0 unspecified atom stereocenters. The summed E-state index contributed by atoms with van der Waals surface area (Å²) in [6.45, 7) is 11.3. The lowest BCUT2D eigenvalue weighted by atomic mass is 10.3. The van der Waals surface area contributed by atoms with Gasteiger partial charge < -0.3 is 0 Å². The summed E-state index contributed by atoms with van der Waals surface area (Å²) in [5.74, 6) is 0. The van der Waals surface area contributed by atoms with E-state index in [0.717, 1.165) is 10.0 Å². The maximum atomic E-state index is 3.77. The van der Waals surface area contributed by atoms with Crippen molar-refractivity contribution in [2.45, 2.75) is 13.8 Å². The van der Waals surface area contributed by atoms with Gasteiger partial charge in [0.25, 0.3) is 0 Å². The quantitative estimate of drug-likeness (QED) is 0.406. The van der Waals surface area contributed by atoms with Crippen molar-refractivity contribution in [3.05, 3.63) is 37.0 Å². The number of hydrogen-bond acceptors (Lipinski definition) is 0. The minimum atomic E-state index is 0.988. The lowest BCUT2D eigenvalue weighted by Crippen LogP contribution is -1.70. The Morgan fingerprint density at radius 3 is 2.30 bits per heavy atom. The summed E-state index contributed by atoms with van der Waals surface area (Å²) in [4.78, 5) is 0. The van der Waals surface area contributed by atoms with Crippen LogP contribution in [0.3, 0.4) is 0 Å². The van der Waals surface area contributed by atoms with Crippen LogP contribution in [0, 0.1) is 0 Å². The highest BCUT2D eigenvalue weighted by Crippen LogP contribution is 1.97. The van der Waals surface area contributed by atoms with Crippen molar-refractivity contribution in [1.82, 2.24) is 0 Å². The summed E-state index contributed by atoms with van der Waals surface area (Å²) in [6.07, 6.45) is 5.60. The molecule has 0 aliphatic carbocycles. The van der Waals surface area contributed by atoms with Crippen molar-refractivity contribution < 1.29 is 0 Å². The predicted molar refractivity (Wildman–Crippen MR) is 58.7 cm³/mol. The summed E-state index contributed by atoms with van der Waals surface area (Å²) in [5.41, 5.74) is 1.13. The van der Waals surface area contributed by atoms with Crippen molar-refractivity contribution >= 4 is 22.6 Å². The Kier molecular flexibility index (Phi) is 14.8. The topological polar surface area (TPSA) is 0 Å². The monoisotopic (exact) mass is 250 g/mol. The van der Waals surface area contributed by atoms with Gasteiger partial charge in [-0.05, 0) is 5.57 Å². The van der Waals surface area contributed by atoms with E-state index in [-0.39, 0.29) is 0 Å². The third-order valence-electron chi connectivity index (χ3n) is 0.640. The molecular weight excluding hydrogens is 235 g/mol. The zero-order valence-electron chi connectivity index (χ0n) is 6.73. The van der Waals surface area contributed by atoms with Crippen molar-refractivity contribution in [1.29, 1.82) is 0 Å². The second-order valence-corrected chi connectivity index (χ2v) is 2.15. The maximum absolute atomic E-state index is 3.77. The maximum Gasteiger partial charge on any atom is 0.0241 e. The number of alkyl halides is 1. The molecule has 0 nitrogen and oxygen atoms in total. The van der Waals surface area contributed by atoms with E-state index >= 15 is 0 Å². The van der Waals surface area contributed by atoms with Crippen LogP contribution in [-0.2, 0) is 0 Å². The Morgan fingerprint density at radius 2 is 2.00 bits per heavy atom. The molecule has 0 spiro atoms. The van der Waals surface area contributed by atoms with Crippen molar-refractivity contribution in [2.75, 3.05) is 4.43 Å². The first kappa shape index (κ1) is 12.6. The van der Waals surface area contributed by atoms with Gasteiger partial charge in [-0.1, -0.05) is 67.8 Å². The molecule has 0 heterocycles. The van der Waals surface area contributed by atoms with Crippen LogP contribution in [0.2, 0.25) is 0 Å². The molecule has 1 heteroatoms. The van der Waals surface area contributed by atoms with Crippen LogP contribution in [0.25, 0.3) is 0 Å². The van der Waals surface area contributed by atoms with Gasteiger partial charge >= 0.3 is 0 Å². The molecule has 10 heavy (non-hydrogen) atoms. The average Bonchev–Trinajstić information content (AvgIpc) is 2.04. The van der Waals surface area contributed by atoms with E-state index in [2.05, 4.69) is 35.7 Å². The Balaban J connectivity index is 0. The minimum absolute atomic E-state index is 0.988. The SMILES string of the molecule is C=C/C=C\C(=C)CI.CC. The number of halogens is 1. The first-order valence-corrected chi connectivity index (χ1v) is 4.86. The highest BCUT2D eigenvalue weighted by atomic mass is 127. The molecule has 0 amide bonds. The van der Waals surface area contributed by atoms with E-state index in [1.54, 1.807) is 6.08 Å². The van der Waals surface area contributed by atoms with E-state index in [1.165, 1.54) is 0 Å². The Hall–Kier alpha value is -0.0500. The molecular formula is C9H15I. The summed E-state index contributed by atoms with van der Waals surface area (Å²) < 4.78 is 0.988. The van der Waals surface area contributed by atoms with Gasteiger partial charge in [0.15, 0.2) is 0 Å². The molecule has 0 saturated heterocycles. The van der Waals surface area contributed by atoms with Gasteiger partial charge in [-0.3, -0.25) is 0 Å². The fourth-order valence-corrected chi connectivity index (χ4v) is 0.503. The van der Waals surface area contributed by atoms with Crippen LogP contribution in [0.5, 0.6) is 0 Å². The van der Waals surface area contributed by atoms with Gasteiger partial charge in [-0.25, -0.2) is 0 Å². The molecule has 0 aromatic rings. The number of hydrogen-bond donors (Lipinski definition) is 0. The number of rotatable bonds is 3. The first-order chi connectivity index (χ1) is 4.81. The molecule has 0 atom stereocenters. The molecule has 58 valence electrons. The normalized spacial score (nSPS) is 8.30. The Morgan fingerprint density at radius 1 is 1.50 bits per heavy atom. The zero-order chi connectivity index (χ0) is 8.41. The van der Waals surface area contributed by atoms with Gasteiger partial charge in [-0.2, -0.15) is 0 Å². The van der Waals surface area contributed by atoms with Gasteiger partial charge in [0.1, 0.15) is 0 Å². The second kappa shape index (κ2) is 11.7. The van der Waals surface area contributed by atoms with Gasteiger partial charge in [0, 0.05) is 4.43 Å². The Labute approximate surface area is 77.9 Å². The van der Waals surface area contributed by atoms with Crippen molar-refractivity contribution in [3.8, 4) is 0 Å². The zero-order valence-corrected chi connectivity index (χ0v) is 8.89. The third-order valence-corrected chi connectivity index (χ3v) is 1.62. The molecule has 0 saturated carbocycles. The van der Waals surface area contributed by atoms with E-state index in [9.17, 15) is 0 Å². The molecule has 0 N–H and O–H groups in total. The smallest absolute Gasteiger partial charge is 0.0241 e. The Bertz CT molecular complexity index is 112. The summed E-state index contributed by atoms with van der Waals surface area (Å²) in [7, 11) is 0. The lowest BCUT2D eigenvalue weighted by Gasteiger charge is -1.84. The van der Waals surface area contributed by atoms with E-state index < -0.39 is 0 Å². The van der Waals surface area contributed by atoms with Crippen molar-refractivity contribution in [3.63, 3.8) is 0 Å². The van der Waals surface area contributed by atoms with Gasteiger partial charge in [-0.15, -0.1) is 0 Å². The van der Waals surface area contributed by atoms with Gasteiger partial charge in [0.2, 0.25) is 0 Å². The van der Waals surface area contributed by atoms with Crippen LogP contribution in [0.15, 0.2) is 37.0 Å². The third kappa shape index (κ3) is 10.8. The van der Waals surface area contributed by atoms with Crippen molar-refractivity contribution in [2.24, 2.45) is 0 Å². The highest BCUT2D eigenvalue weighted by Gasteiger charge is 1.77. The van der Waals surface area contributed by atoms with Gasteiger partial charge in [0.05, 0.1) is 0 Å².